The molecule has 1 aliphatic heterocycles. The highest BCUT2D eigenvalue weighted by atomic mass is 16.4. The fraction of sp³-hybridized carbons (Fsp3) is 0.500. The summed E-state index contributed by atoms with van der Waals surface area (Å²) >= 11 is 0. The number of carboxylic acid groups (broad SMARTS) is 1. The van der Waals surface area contributed by atoms with Gasteiger partial charge in [-0.25, -0.2) is 4.79 Å². The number of carboxylic acids is 1. The van der Waals surface area contributed by atoms with Crippen molar-refractivity contribution in [2.45, 2.75) is 25.8 Å². The van der Waals surface area contributed by atoms with Gasteiger partial charge in [0, 0.05) is 11.8 Å². The van der Waals surface area contributed by atoms with E-state index in [0.717, 1.165) is 19.4 Å². The molecular formula is C10H15N3O4. The Bertz CT molecular complexity index is 485. The highest BCUT2D eigenvalue weighted by Crippen LogP contribution is 2.03. The molecule has 0 aliphatic carbocycles. The Hall–Kier alpha value is -1.89. The van der Waals surface area contributed by atoms with E-state index in [1.807, 2.05) is 0 Å². The van der Waals surface area contributed by atoms with Crippen LogP contribution >= 0.6 is 0 Å². The molecule has 1 aliphatic rings. The van der Waals surface area contributed by atoms with E-state index in [-0.39, 0.29) is 11.6 Å². The van der Waals surface area contributed by atoms with E-state index in [9.17, 15) is 14.4 Å². The Morgan fingerprint density at radius 2 is 2.18 bits per heavy atom. The molecule has 1 aromatic rings. The highest BCUT2D eigenvalue weighted by Gasteiger charge is 2.20. The van der Waals surface area contributed by atoms with Gasteiger partial charge in [-0.1, -0.05) is 0 Å². The quantitative estimate of drug-likeness (QED) is 0.513. The first-order valence-electron chi connectivity index (χ1n) is 5.25. The van der Waals surface area contributed by atoms with Gasteiger partial charge in [-0.3, -0.25) is 14.6 Å². The van der Waals surface area contributed by atoms with E-state index in [4.69, 9.17) is 5.11 Å². The molecule has 1 atom stereocenters. The first-order valence-corrected chi connectivity index (χ1v) is 5.25. The summed E-state index contributed by atoms with van der Waals surface area (Å²) in [5.74, 6) is -0.720. The van der Waals surface area contributed by atoms with Crippen LogP contribution in [0.2, 0.25) is 0 Å². The minimum absolute atomic E-state index is 0.269. The summed E-state index contributed by atoms with van der Waals surface area (Å²) < 4.78 is 0. The van der Waals surface area contributed by atoms with Gasteiger partial charge >= 0.3 is 11.7 Å². The molecule has 0 spiro atoms. The Kier molecular flexibility index (Phi) is 4.65. The summed E-state index contributed by atoms with van der Waals surface area (Å²) in [5.41, 5.74) is -0.293. The van der Waals surface area contributed by atoms with Crippen LogP contribution in [0.15, 0.2) is 15.8 Å². The van der Waals surface area contributed by atoms with Crippen molar-refractivity contribution in [3.8, 4) is 0 Å². The normalized spacial score (nSPS) is 18.3. The molecular weight excluding hydrogens is 226 g/mol. The van der Waals surface area contributed by atoms with Crippen molar-refractivity contribution in [3.63, 3.8) is 0 Å². The van der Waals surface area contributed by atoms with Crippen LogP contribution in [0.5, 0.6) is 0 Å². The van der Waals surface area contributed by atoms with E-state index in [1.54, 1.807) is 6.92 Å². The zero-order chi connectivity index (χ0) is 12.8. The lowest BCUT2D eigenvalue weighted by molar-refractivity contribution is -0.139. The standard InChI is InChI=1S/C5H6N2O2.C5H9NO2/c1-3-2-6-5(9)7-4(3)8;7-5(8)4-2-1-3-6-4/h2H,1H3,(H2,6,7,8,9);4,6H,1-3H2,(H,7,8)/t;4-/m.0/s1. The number of hydrogen-bond donors (Lipinski definition) is 4. The van der Waals surface area contributed by atoms with Crippen molar-refractivity contribution < 1.29 is 9.90 Å². The third-order valence-corrected chi connectivity index (χ3v) is 2.36. The van der Waals surface area contributed by atoms with Gasteiger partial charge in [0.05, 0.1) is 0 Å². The average Bonchev–Trinajstić information content (AvgIpc) is 2.78. The van der Waals surface area contributed by atoms with Crippen molar-refractivity contribution in [1.29, 1.82) is 0 Å². The minimum atomic E-state index is -0.720. The predicted octanol–water partition coefficient (Wildman–Crippen LogP) is -0.805. The van der Waals surface area contributed by atoms with Crippen LogP contribution in [0.4, 0.5) is 0 Å². The number of rotatable bonds is 1. The van der Waals surface area contributed by atoms with Crippen LogP contribution in [0.25, 0.3) is 0 Å². The van der Waals surface area contributed by atoms with Crippen molar-refractivity contribution in [2.75, 3.05) is 6.54 Å². The monoisotopic (exact) mass is 241 g/mol. The van der Waals surface area contributed by atoms with Crippen LogP contribution in [-0.4, -0.2) is 33.6 Å². The molecule has 2 rings (SSSR count). The molecule has 0 aromatic carbocycles. The molecule has 7 heteroatoms. The van der Waals surface area contributed by atoms with Crippen molar-refractivity contribution in [2.24, 2.45) is 0 Å². The summed E-state index contributed by atoms with van der Waals surface area (Å²) in [4.78, 5) is 35.4. The summed E-state index contributed by atoms with van der Waals surface area (Å²) in [5, 5.41) is 11.2. The van der Waals surface area contributed by atoms with Crippen LogP contribution in [0.1, 0.15) is 18.4 Å². The van der Waals surface area contributed by atoms with Gasteiger partial charge < -0.3 is 15.4 Å². The van der Waals surface area contributed by atoms with Crippen LogP contribution in [0.3, 0.4) is 0 Å². The van der Waals surface area contributed by atoms with Gasteiger partial charge in [-0.2, -0.15) is 0 Å². The summed E-state index contributed by atoms with van der Waals surface area (Å²) in [6.07, 6.45) is 3.16. The number of aromatic nitrogens is 2. The van der Waals surface area contributed by atoms with E-state index < -0.39 is 11.7 Å². The molecule has 17 heavy (non-hydrogen) atoms. The van der Waals surface area contributed by atoms with Crippen LogP contribution < -0.4 is 16.6 Å². The molecule has 1 saturated heterocycles. The van der Waals surface area contributed by atoms with E-state index in [1.165, 1.54) is 6.20 Å². The molecule has 4 N–H and O–H groups in total. The second kappa shape index (κ2) is 6.00. The van der Waals surface area contributed by atoms with Crippen molar-refractivity contribution in [1.82, 2.24) is 15.3 Å². The summed E-state index contributed by atoms with van der Waals surface area (Å²) in [7, 11) is 0. The molecule has 0 amide bonds. The average molecular weight is 241 g/mol. The predicted molar refractivity (Wildman–Crippen MR) is 61.1 cm³/mol. The molecule has 94 valence electrons. The maximum atomic E-state index is 10.6. The molecule has 0 bridgehead atoms. The van der Waals surface area contributed by atoms with E-state index in [2.05, 4.69) is 15.3 Å². The maximum Gasteiger partial charge on any atom is 0.325 e. The zero-order valence-corrected chi connectivity index (χ0v) is 9.45. The summed E-state index contributed by atoms with van der Waals surface area (Å²) in [6.45, 7) is 2.48. The lowest BCUT2D eigenvalue weighted by Gasteiger charge is -1.99. The van der Waals surface area contributed by atoms with E-state index >= 15 is 0 Å². The fourth-order valence-corrected chi connectivity index (χ4v) is 1.37. The molecule has 1 aromatic heterocycles. The Morgan fingerprint density at radius 1 is 1.47 bits per heavy atom. The van der Waals surface area contributed by atoms with E-state index in [0.29, 0.717) is 5.56 Å². The van der Waals surface area contributed by atoms with Gasteiger partial charge in [0.15, 0.2) is 0 Å². The smallest absolute Gasteiger partial charge is 0.325 e. The lowest BCUT2D eigenvalue weighted by Crippen LogP contribution is -2.29. The Balaban J connectivity index is 0.000000171. The third kappa shape index (κ3) is 4.23. The molecule has 0 saturated carbocycles. The van der Waals surface area contributed by atoms with Gasteiger partial charge in [0.2, 0.25) is 0 Å². The third-order valence-electron chi connectivity index (χ3n) is 2.36. The molecule has 0 radical (unpaired) electrons. The zero-order valence-electron chi connectivity index (χ0n) is 9.45. The second-order valence-electron chi connectivity index (χ2n) is 3.74. The SMILES string of the molecule is Cc1c[nH]c(=O)[nH]c1=O.O=C(O)[C@@H]1CCCN1. The number of nitrogens with one attached hydrogen (secondary N) is 3. The molecule has 2 heterocycles. The van der Waals surface area contributed by atoms with Gasteiger partial charge in [0.25, 0.3) is 5.56 Å². The second-order valence-corrected chi connectivity index (χ2v) is 3.74. The van der Waals surface area contributed by atoms with Crippen molar-refractivity contribution >= 4 is 5.97 Å². The number of aromatic amines is 2. The first kappa shape index (κ1) is 13.2. The molecule has 7 nitrogen and oxygen atoms in total. The van der Waals surface area contributed by atoms with Crippen LogP contribution in [0, 0.1) is 6.92 Å². The summed E-state index contributed by atoms with van der Waals surface area (Å²) in [6, 6.07) is -0.269. The number of hydrogen-bond acceptors (Lipinski definition) is 4. The van der Waals surface area contributed by atoms with Crippen molar-refractivity contribution in [3.05, 3.63) is 32.6 Å². The number of aliphatic carboxylic acids is 1. The largest absolute Gasteiger partial charge is 0.480 e. The maximum absolute atomic E-state index is 10.6. The lowest BCUT2D eigenvalue weighted by atomic mass is 10.2. The topological polar surface area (TPSA) is 115 Å². The van der Waals surface area contributed by atoms with Gasteiger partial charge in [-0.15, -0.1) is 0 Å². The molecule has 0 unspecified atom stereocenters. The minimum Gasteiger partial charge on any atom is -0.480 e. The first-order chi connectivity index (χ1) is 8.00. The Morgan fingerprint density at radius 3 is 2.53 bits per heavy atom. The number of carbonyl (C=O) groups is 1. The van der Waals surface area contributed by atoms with Gasteiger partial charge in [-0.05, 0) is 26.3 Å². The fourth-order valence-electron chi connectivity index (χ4n) is 1.37. The van der Waals surface area contributed by atoms with Crippen LogP contribution in [-0.2, 0) is 4.79 Å². The van der Waals surface area contributed by atoms with Gasteiger partial charge in [0.1, 0.15) is 6.04 Å². The number of aryl methyl sites for hydroxylation is 1. The Labute approximate surface area is 96.9 Å². The molecule has 1 fully saturated rings. The number of H-pyrrole nitrogens is 2. The highest BCUT2D eigenvalue weighted by molar-refractivity contribution is 5.73.